The van der Waals surface area contributed by atoms with Gasteiger partial charge in [-0.2, -0.15) is 4.68 Å². The number of nitrogens with zero attached hydrogens (tertiary/aromatic N) is 7. The maximum absolute atomic E-state index is 4.77. The van der Waals surface area contributed by atoms with E-state index < -0.39 is 0 Å². The second-order valence-corrected chi connectivity index (χ2v) is 8.09. The number of tetrazole rings is 1. The Kier molecular flexibility index (Phi) is 4.82. The Morgan fingerprint density at radius 3 is 2.32 bits per heavy atom. The van der Waals surface area contributed by atoms with Crippen molar-refractivity contribution >= 4 is 21.6 Å². The van der Waals surface area contributed by atoms with Crippen molar-refractivity contribution in [1.29, 1.82) is 0 Å². The average Bonchev–Trinajstić information content (AvgIpc) is 3.36. The van der Waals surface area contributed by atoms with Crippen LogP contribution in [0.5, 0.6) is 0 Å². The maximum Gasteiger partial charge on any atom is 0.170 e. The lowest BCUT2D eigenvalue weighted by atomic mass is 10.3. The number of thiazole rings is 1. The molecule has 0 N–H and O–H groups in total. The van der Waals surface area contributed by atoms with Gasteiger partial charge in [0.15, 0.2) is 5.82 Å². The third-order valence-corrected chi connectivity index (χ3v) is 6.08. The number of aromatic nitrogens is 5. The van der Waals surface area contributed by atoms with E-state index in [1.807, 2.05) is 41.1 Å². The van der Waals surface area contributed by atoms with Crippen molar-refractivity contribution in [1.82, 2.24) is 35.0 Å². The molecule has 0 aliphatic carbocycles. The van der Waals surface area contributed by atoms with Crippen LogP contribution in [-0.2, 0) is 13.1 Å². The molecule has 1 aliphatic heterocycles. The van der Waals surface area contributed by atoms with E-state index in [-0.39, 0.29) is 0 Å². The molecule has 0 spiro atoms. The average molecular weight is 392 g/mol. The van der Waals surface area contributed by atoms with Crippen LogP contribution in [0.15, 0.2) is 54.6 Å². The fourth-order valence-corrected chi connectivity index (χ4v) is 4.57. The summed E-state index contributed by atoms with van der Waals surface area (Å²) in [5.74, 6) is 0.880. The molecule has 0 unspecified atom stereocenters. The van der Waals surface area contributed by atoms with Gasteiger partial charge in [0.2, 0.25) is 0 Å². The van der Waals surface area contributed by atoms with Crippen molar-refractivity contribution in [2.75, 3.05) is 26.2 Å². The molecular formula is C20H21N7S. The number of piperazine rings is 1. The first kappa shape index (κ1) is 17.4. The fourth-order valence-electron chi connectivity index (χ4n) is 3.56. The largest absolute Gasteiger partial charge is 0.294 e. The van der Waals surface area contributed by atoms with E-state index in [1.54, 1.807) is 11.3 Å². The molecule has 8 heteroatoms. The molecule has 142 valence electrons. The monoisotopic (exact) mass is 391 g/mol. The first-order chi connectivity index (χ1) is 13.8. The highest BCUT2D eigenvalue weighted by atomic mass is 32.1. The van der Waals surface area contributed by atoms with Crippen molar-refractivity contribution in [2.24, 2.45) is 0 Å². The first-order valence-corrected chi connectivity index (χ1v) is 10.3. The zero-order chi connectivity index (χ0) is 18.8. The summed E-state index contributed by atoms with van der Waals surface area (Å²) < 4.78 is 3.09. The molecule has 7 nitrogen and oxygen atoms in total. The molecule has 28 heavy (non-hydrogen) atoms. The fraction of sp³-hybridized carbons (Fsp3) is 0.300. The van der Waals surface area contributed by atoms with Crippen LogP contribution in [0.25, 0.3) is 15.9 Å². The summed E-state index contributed by atoms with van der Waals surface area (Å²) in [6, 6.07) is 18.4. The highest BCUT2D eigenvalue weighted by Gasteiger charge is 2.20. The zero-order valence-electron chi connectivity index (χ0n) is 15.5. The molecule has 0 bridgehead atoms. The van der Waals surface area contributed by atoms with E-state index in [4.69, 9.17) is 4.98 Å². The number of hydrogen-bond acceptors (Lipinski definition) is 7. The van der Waals surface area contributed by atoms with E-state index in [0.29, 0.717) is 0 Å². The number of rotatable bonds is 5. The lowest BCUT2D eigenvalue weighted by molar-refractivity contribution is 0.119. The molecule has 1 fully saturated rings. The van der Waals surface area contributed by atoms with Gasteiger partial charge < -0.3 is 0 Å². The summed E-state index contributed by atoms with van der Waals surface area (Å²) in [6.07, 6.45) is 0. The van der Waals surface area contributed by atoms with E-state index in [1.165, 1.54) is 9.71 Å². The van der Waals surface area contributed by atoms with Gasteiger partial charge in [-0.15, -0.1) is 16.4 Å². The highest BCUT2D eigenvalue weighted by molar-refractivity contribution is 7.18. The number of para-hydroxylation sites is 2. The second-order valence-electron chi connectivity index (χ2n) is 6.97. The zero-order valence-corrected chi connectivity index (χ0v) is 16.3. The number of fused-ring (bicyclic) bond motifs is 1. The van der Waals surface area contributed by atoms with Crippen LogP contribution >= 0.6 is 11.3 Å². The Morgan fingerprint density at radius 2 is 1.54 bits per heavy atom. The lowest BCUT2D eigenvalue weighted by Crippen LogP contribution is -2.45. The molecular weight excluding hydrogens is 370 g/mol. The van der Waals surface area contributed by atoms with Crippen LogP contribution in [-0.4, -0.2) is 61.2 Å². The maximum atomic E-state index is 4.77. The lowest BCUT2D eigenvalue weighted by Gasteiger charge is -2.33. The summed E-state index contributed by atoms with van der Waals surface area (Å²) in [4.78, 5) is 9.66. The van der Waals surface area contributed by atoms with Crippen LogP contribution in [0.1, 0.15) is 10.8 Å². The molecule has 0 atom stereocenters. The summed E-state index contributed by atoms with van der Waals surface area (Å²) >= 11 is 1.80. The molecule has 4 aromatic rings. The predicted octanol–water partition coefficient (Wildman–Crippen LogP) is 2.59. The summed E-state index contributed by atoms with van der Waals surface area (Å²) in [7, 11) is 0. The van der Waals surface area contributed by atoms with Gasteiger partial charge in [0.25, 0.3) is 0 Å². The minimum Gasteiger partial charge on any atom is -0.294 e. The molecule has 2 aromatic carbocycles. The standard InChI is InChI=1S/C20H21N7S/c1-2-6-16(7-3-1)27-19(22-23-24-27)14-25-10-12-26(13-11-25)15-20-21-17-8-4-5-9-18(17)28-20/h1-9H,10-15H2. The van der Waals surface area contributed by atoms with E-state index in [0.717, 1.165) is 56.3 Å². The van der Waals surface area contributed by atoms with Gasteiger partial charge in [-0.1, -0.05) is 30.3 Å². The van der Waals surface area contributed by atoms with Crippen molar-refractivity contribution in [3.63, 3.8) is 0 Å². The van der Waals surface area contributed by atoms with Gasteiger partial charge in [0, 0.05) is 26.2 Å². The van der Waals surface area contributed by atoms with Crippen LogP contribution < -0.4 is 0 Å². The van der Waals surface area contributed by atoms with Gasteiger partial charge in [0.1, 0.15) is 5.01 Å². The van der Waals surface area contributed by atoms with Crippen LogP contribution in [0.4, 0.5) is 0 Å². The Bertz CT molecular complexity index is 1020. The minimum absolute atomic E-state index is 0.761. The van der Waals surface area contributed by atoms with Gasteiger partial charge in [-0.05, 0) is 34.7 Å². The van der Waals surface area contributed by atoms with Gasteiger partial charge in [0.05, 0.1) is 29.0 Å². The number of benzene rings is 2. The topological polar surface area (TPSA) is 63.0 Å². The Balaban J connectivity index is 1.19. The van der Waals surface area contributed by atoms with Crippen LogP contribution in [0, 0.1) is 0 Å². The Labute approximate surface area is 167 Å². The smallest absolute Gasteiger partial charge is 0.170 e. The third-order valence-electron chi connectivity index (χ3n) is 5.06. The van der Waals surface area contributed by atoms with Crippen molar-refractivity contribution < 1.29 is 0 Å². The molecule has 5 rings (SSSR count). The molecule has 0 saturated carbocycles. The molecule has 0 radical (unpaired) electrons. The molecule has 1 aliphatic rings. The summed E-state index contributed by atoms with van der Waals surface area (Å²) in [5, 5.41) is 13.5. The second kappa shape index (κ2) is 7.75. The van der Waals surface area contributed by atoms with E-state index in [9.17, 15) is 0 Å². The van der Waals surface area contributed by atoms with Gasteiger partial charge >= 0.3 is 0 Å². The third kappa shape index (κ3) is 3.66. The van der Waals surface area contributed by atoms with Crippen molar-refractivity contribution in [3.8, 4) is 5.69 Å². The molecule has 2 aromatic heterocycles. The Hall–Kier alpha value is -2.68. The van der Waals surface area contributed by atoms with Gasteiger partial charge in [-0.3, -0.25) is 9.80 Å². The number of hydrogen-bond donors (Lipinski definition) is 0. The SMILES string of the molecule is c1ccc(-n2nnnc2CN2CCN(Cc3nc4ccccc4s3)CC2)cc1. The first-order valence-electron chi connectivity index (χ1n) is 9.47. The molecule has 0 amide bonds. The normalized spacial score (nSPS) is 16.0. The van der Waals surface area contributed by atoms with Crippen molar-refractivity contribution in [3.05, 3.63) is 65.4 Å². The van der Waals surface area contributed by atoms with E-state index in [2.05, 4.69) is 43.5 Å². The van der Waals surface area contributed by atoms with Crippen LogP contribution in [0.3, 0.4) is 0 Å². The predicted molar refractivity (Wildman–Crippen MR) is 109 cm³/mol. The highest BCUT2D eigenvalue weighted by Crippen LogP contribution is 2.23. The van der Waals surface area contributed by atoms with Crippen LogP contribution in [0.2, 0.25) is 0 Å². The minimum atomic E-state index is 0.761. The van der Waals surface area contributed by atoms with Gasteiger partial charge in [-0.25, -0.2) is 4.98 Å². The Morgan fingerprint density at radius 1 is 0.821 bits per heavy atom. The quantitative estimate of drug-likeness (QED) is 0.521. The summed E-state index contributed by atoms with van der Waals surface area (Å²) in [5.41, 5.74) is 2.10. The molecule has 1 saturated heterocycles. The molecule has 3 heterocycles. The summed E-state index contributed by atoms with van der Waals surface area (Å²) in [6.45, 7) is 5.76. The van der Waals surface area contributed by atoms with E-state index >= 15 is 0 Å². The van der Waals surface area contributed by atoms with Crippen molar-refractivity contribution in [2.45, 2.75) is 13.1 Å².